The maximum atomic E-state index is 9.27. The van der Waals surface area contributed by atoms with E-state index in [2.05, 4.69) is 24.0 Å². The molecule has 0 aliphatic carbocycles. The minimum atomic E-state index is -0.178. The largest absolute Gasteiger partial charge is 0.393 e. The fraction of sp³-hybridized carbons (Fsp3) is 0.733. The number of hydrogen-bond acceptors (Lipinski definition) is 2. The Morgan fingerprint density at radius 1 is 1.53 bits per heavy atom. The predicted molar refractivity (Wildman–Crippen MR) is 72.0 cm³/mol. The third kappa shape index (κ3) is 3.43. The third-order valence-corrected chi connectivity index (χ3v) is 3.93. The van der Waals surface area contributed by atoms with Gasteiger partial charge in [0, 0.05) is 12.6 Å². The Bertz CT molecular complexity index is 317. The van der Waals surface area contributed by atoms with Crippen LogP contribution in [0.4, 0.5) is 0 Å². The molecule has 2 atom stereocenters. The molecule has 2 nitrogen and oxygen atoms in total. The van der Waals surface area contributed by atoms with Gasteiger partial charge in [0.2, 0.25) is 0 Å². The van der Waals surface area contributed by atoms with Crippen LogP contribution in [0, 0.1) is 0 Å². The monoisotopic (exact) mass is 235 g/mol. The molecule has 0 radical (unpaired) electrons. The lowest BCUT2D eigenvalue weighted by molar-refractivity contribution is 0.179. The van der Waals surface area contributed by atoms with Gasteiger partial charge in [-0.25, -0.2) is 0 Å². The van der Waals surface area contributed by atoms with Gasteiger partial charge < -0.3 is 5.11 Å². The Morgan fingerprint density at radius 2 is 2.35 bits per heavy atom. The van der Waals surface area contributed by atoms with E-state index in [1.807, 2.05) is 6.92 Å². The minimum Gasteiger partial charge on any atom is -0.393 e. The van der Waals surface area contributed by atoms with Crippen LogP contribution >= 0.6 is 0 Å². The van der Waals surface area contributed by atoms with Gasteiger partial charge in [-0.2, -0.15) is 0 Å². The molecule has 96 valence electrons. The molecule has 0 spiro atoms. The first-order valence-electron chi connectivity index (χ1n) is 6.96. The maximum absolute atomic E-state index is 9.27. The molecular weight excluding hydrogens is 210 g/mol. The van der Waals surface area contributed by atoms with Crippen molar-refractivity contribution in [3.8, 4) is 0 Å². The van der Waals surface area contributed by atoms with E-state index in [0.29, 0.717) is 6.04 Å². The van der Waals surface area contributed by atoms with Crippen LogP contribution in [0.1, 0.15) is 46.0 Å². The van der Waals surface area contributed by atoms with Crippen LogP contribution in [0.2, 0.25) is 0 Å². The number of fused-ring (bicyclic) bond motifs is 1. The average molecular weight is 235 g/mol. The van der Waals surface area contributed by atoms with Crippen LogP contribution in [-0.2, 0) is 0 Å². The first kappa shape index (κ1) is 12.8. The number of piperidine rings is 1. The van der Waals surface area contributed by atoms with E-state index in [-0.39, 0.29) is 6.10 Å². The normalized spacial score (nSPS) is 29.9. The summed E-state index contributed by atoms with van der Waals surface area (Å²) in [6.45, 7) is 6.50. The van der Waals surface area contributed by atoms with Crippen molar-refractivity contribution in [2.75, 3.05) is 13.1 Å². The van der Waals surface area contributed by atoms with Gasteiger partial charge in [0.1, 0.15) is 0 Å². The lowest BCUT2D eigenvalue weighted by Gasteiger charge is -2.40. The van der Waals surface area contributed by atoms with Crippen molar-refractivity contribution in [1.82, 2.24) is 4.90 Å². The smallest absolute Gasteiger partial charge is 0.0515 e. The number of hydrogen-bond donors (Lipinski definition) is 1. The second kappa shape index (κ2) is 5.83. The van der Waals surface area contributed by atoms with Gasteiger partial charge in [0.05, 0.1) is 6.10 Å². The molecule has 0 saturated carbocycles. The van der Waals surface area contributed by atoms with E-state index in [1.165, 1.54) is 37.0 Å². The molecule has 1 saturated heterocycles. The molecule has 0 bridgehead atoms. The highest BCUT2D eigenvalue weighted by atomic mass is 16.3. The summed E-state index contributed by atoms with van der Waals surface area (Å²) in [5.41, 5.74) is 2.97. The van der Waals surface area contributed by atoms with Gasteiger partial charge in [-0.05, 0) is 51.6 Å². The highest BCUT2D eigenvalue weighted by Gasteiger charge is 2.26. The lowest BCUT2D eigenvalue weighted by Crippen LogP contribution is -2.43. The van der Waals surface area contributed by atoms with Gasteiger partial charge in [-0.3, -0.25) is 4.90 Å². The van der Waals surface area contributed by atoms with Crippen molar-refractivity contribution in [3.05, 3.63) is 23.3 Å². The zero-order valence-electron chi connectivity index (χ0n) is 11.2. The summed E-state index contributed by atoms with van der Waals surface area (Å²) >= 11 is 0. The fourth-order valence-electron chi connectivity index (χ4n) is 3.00. The van der Waals surface area contributed by atoms with Crippen molar-refractivity contribution < 1.29 is 5.11 Å². The van der Waals surface area contributed by atoms with Gasteiger partial charge in [0.25, 0.3) is 0 Å². The fourth-order valence-corrected chi connectivity index (χ4v) is 3.00. The van der Waals surface area contributed by atoms with Crippen LogP contribution < -0.4 is 0 Å². The first-order chi connectivity index (χ1) is 8.16. The Kier molecular flexibility index (Phi) is 4.41. The topological polar surface area (TPSA) is 23.5 Å². The van der Waals surface area contributed by atoms with E-state index in [9.17, 15) is 5.11 Å². The molecule has 2 heterocycles. The van der Waals surface area contributed by atoms with E-state index in [1.54, 1.807) is 0 Å². The highest BCUT2D eigenvalue weighted by Crippen LogP contribution is 2.28. The second-order valence-corrected chi connectivity index (χ2v) is 5.58. The van der Waals surface area contributed by atoms with Crippen LogP contribution in [0.25, 0.3) is 0 Å². The SMILES string of the molecule is CC1=C/C(=C/CC[C@@H](C)O)CN2CCCC[C@@H]12. The molecule has 0 aromatic heterocycles. The average Bonchev–Trinajstić information content (AvgIpc) is 2.28. The predicted octanol–water partition coefficient (Wildman–Crippen LogP) is 2.89. The molecule has 0 aromatic carbocycles. The molecular formula is C15H25NO. The van der Waals surface area contributed by atoms with E-state index in [4.69, 9.17) is 0 Å². The van der Waals surface area contributed by atoms with Crippen LogP contribution in [0.3, 0.4) is 0 Å². The van der Waals surface area contributed by atoms with Crippen molar-refractivity contribution in [1.29, 1.82) is 0 Å². The second-order valence-electron chi connectivity index (χ2n) is 5.58. The summed E-state index contributed by atoms with van der Waals surface area (Å²) in [5.74, 6) is 0. The van der Waals surface area contributed by atoms with Crippen molar-refractivity contribution >= 4 is 0 Å². The van der Waals surface area contributed by atoms with Crippen LogP contribution in [-0.4, -0.2) is 35.2 Å². The number of aliphatic hydroxyl groups is 1. The quantitative estimate of drug-likeness (QED) is 0.813. The Hall–Kier alpha value is -0.600. The molecule has 2 aliphatic heterocycles. The zero-order chi connectivity index (χ0) is 12.3. The molecule has 2 rings (SSSR count). The van der Waals surface area contributed by atoms with Crippen molar-refractivity contribution in [2.45, 2.75) is 58.1 Å². The molecule has 17 heavy (non-hydrogen) atoms. The summed E-state index contributed by atoms with van der Waals surface area (Å²) in [5, 5.41) is 9.27. The number of allylic oxidation sites excluding steroid dienone is 1. The summed E-state index contributed by atoms with van der Waals surface area (Å²) in [6, 6.07) is 0.706. The molecule has 0 aromatic rings. The lowest BCUT2D eigenvalue weighted by atomic mass is 9.90. The Morgan fingerprint density at radius 3 is 3.12 bits per heavy atom. The summed E-state index contributed by atoms with van der Waals surface area (Å²) in [6.07, 6.45) is 10.4. The van der Waals surface area contributed by atoms with E-state index in [0.717, 1.165) is 19.4 Å². The van der Waals surface area contributed by atoms with Gasteiger partial charge in [-0.15, -0.1) is 0 Å². The standard InChI is InChI=1S/C15H25NO/c1-12-10-14(7-5-6-13(2)17)11-16-9-4-3-8-15(12)16/h7,10,13,15,17H,3-6,8-9,11H2,1-2H3/b14-7-/t13-,15+/m1/s1. The molecule has 1 N–H and O–H groups in total. The number of aliphatic hydroxyl groups excluding tert-OH is 1. The first-order valence-corrected chi connectivity index (χ1v) is 6.96. The van der Waals surface area contributed by atoms with E-state index >= 15 is 0 Å². The molecule has 0 amide bonds. The molecule has 1 fully saturated rings. The Labute approximate surface area is 105 Å². The summed E-state index contributed by atoms with van der Waals surface area (Å²) in [4.78, 5) is 2.62. The van der Waals surface area contributed by atoms with Crippen LogP contribution in [0.15, 0.2) is 23.3 Å². The van der Waals surface area contributed by atoms with Crippen LogP contribution in [0.5, 0.6) is 0 Å². The molecule has 2 aliphatic rings. The number of rotatable bonds is 3. The number of nitrogens with zero attached hydrogens (tertiary/aromatic N) is 1. The van der Waals surface area contributed by atoms with Gasteiger partial charge in [-0.1, -0.05) is 24.1 Å². The zero-order valence-corrected chi connectivity index (χ0v) is 11.2. The van der Waals surface area contributed by atoms with Crippen molar-refractivity contribution in [3.63, 3.8) is 0 Å². The maximum Gasteiger partial charge on any atom is 0.0515 e. The van der Waals surface area contributed by atoms with E-state index < -0.39 is 0 Å². The highest BCUT2D eigenvalue weighted by molar-refractivity contribution is 5.31. The third-order valence-electron chi connectivity index (χ3n) is 3.93. The summed E-state index contributed by atoms with van der Waals surface area (Å²) < 4.78 is 0. The molecule has 0 unspecified atom stereocenters. The summed E-state index contributed by atoms with van der Waals surface area (Å²) in [7, 11) is 0. The minimum absolute atomic E-state index is 0.178. The Balaban J connectivity index is 1.98. The molecule has 2 heteroatoms. The van der Waals surface area contributed by atoms with Gasteiger partial charge in [0.15, 0.2) is 0 Å². The van der Waals surface area contributed by atoms with Crippen molar-refractivity contribution in [2.24, 2.45) is 0 Å². The van der Waals surface area contributed by atoms with Gasteiger partial charge >= 0.3 is 0 Å².